The second kappa shape index (κ2) is 9.93. The molecule has 0 amide bonds. The Morgan fingerprint density at radius 1 is 1.33 bits per heavy atom. The topological polar surface area (TPSA) is 69.8 Å². The minimum Gasteiger partial charge on any atom is -0.465 e. The van der Waals surface area contributed by atoms with Crippen molar-refractivity contribution in [1.29, 1.82) is 0 Å². The molecular formula is C11H25NO3. The van der Waals surface area contributed by atoms with Gasteiger partial charge < -0.3 is 15.5 Å². The van der Waals surface area contributed by atoms with Crippen LogP contribution < -0.4 is 5.32 Å². The smallest absolute Gasteiger partial charge is 0.306 e. The Kier molecular flexibility index (Phi) is 11.1. The molecule has 0 heterocycles. The van der Waals surface area contributed by atoms with Crippen LogP contribution in [0.15, 0.2) is 0 Å². The molecule has 0 aliphatic carbocycles. The summed E-state index contributed by atoms with van der Waals surface area (Å²) in [5.41, 5.74) is 0. The van der Waals surface area contributed by atoms with Gasteiger partial charge in [-0.1, -0.05) is 27.2 Å². The van der Waals surface area contributed by atoms with E-state index in [1.54, 1.807) is 0 Å². The van der Waals surface area contributed by atoms with E-state index in [9.17, 15) is 4.79 Å². The average Bonchev–Trinajstić information content (AvgIpc) is 2.15. The van der Waals surface area contributed by atoms with Crippen molar-refractivity contribution in [2.75, 3.05) is 20.2 Å². The highest BCUT2D eigenvalue weighted by atomic mass is 16.5. The lowest BCUT2D eigenvalue weighted by molar-refractivity contribution is -0.145. The third kappa shape index (κ3) is 9.69. The first kappa shape index (κ1) is 16.8. The lowest BCUT2D eigenvalue weighted by Crippen LogP contribution is -2.22. The molecular weight excluding hydrogens is 194 g/mol. The highest BCUT2D eigenvalue weighted by Gasteiger charge is 2.10. The largest absolute Gasteiger partial charge is 0.465 e. The molecule has 4 nitrogen and oxygen atoms in total. The first-order valence-corrected chi connectivity index (χ1v) is 5.40. The minimum atomic E-state index is -0.0673. The number of carbonyl (C=O) groups excluding carboxylic acids is 1. The summed E-state index contributed by atoms with van der Waals surface area (Å²) in [7, 11) is 1.90. The monoisotopic (exact) mass is 219 g/mol. The maximum absolute atomic E-state index is 11.3. The lowest BCUT2D eigenvalue weighted by atomic mass is 10.1. The number of nitrogens with one attached hydrogen (secondary N) is 1. The van der Waals surface area contributed by atoms with E-state index in [-0.39, 0.29) is 11.4 Å². The van der Waals surface area contributed by atoms with Crippen LogP contribution in [0.5, 0.6) is 0 Å². The standard InChI is InChI=1S/C11H23NO2.H2O/c1-5-9(2)6-11(13)14-8-10(3)7-12-4;/h9-10,12H,5-8H2,1-4H3;1H2. The van der Waals surface area contributed by atoms with Gasteiger partial charge in [0, 0.05) is 18.9 Å². The molecule has 0 spiro atoms. The first-order chi connectivity index (χ1) is 6.60. The number of hydrogen-bond acceptors (Lipinski definition) is 3. The molecule has 0 aliphatic rings. The van der Waals surface area contributed by atoms with E-state index < -0.39 is 0 Å². The molecule has 0 rings (SSSR count). The van der Waals surface area contributed by atoms with Crippen LogP contribution in [0, 0.1) is 11.8 Å². The molecule has 4 heteroatoms. The lowest BCUT2D eigenvalue weighted by Gasteiger charge is -2.12. The fourth-order valence-corrected chi connectivity index (χ4v) is 1.13. The fourth-order valence-electron chi connectivity index (χ4n) is 1.13. The van der Waals surface area contributed by atoms with Crippen molar-refractivity contribution >= 4 is 5.97 Å². The van der Waals surface area contributed by atoms with Crippen molar-refractivity contribution in [3.8, 4) is 0 Å². The van der Waals surface area contributed by atoms with E-state index in [0.717, 1.165) is 13.0 Å². The van der Waals surface area contributed by atoms with E-state index in [1.165, 1.54) is 0 Å². The van der Waals surface area contributed by atoms with Crippen LogP contribution in [0.1, 0.15) is 33.6 Å². The van der Waals surface area contributed by atoms with Gasteiger partial charge in [-0.2, -0.15) is 0 Å². The van der Waals surface area contributed by atoms with Gasteiger partial charge in [-0.05, 0) is 13.0 Å². The van der Waals surface area contributed by atoms with Crippen molar-refractivity contribution in [2.45, 2.75) is 33.6 Å². The third-order valence-corrected chi connectivity index (χ3v) is 2.29. The summed E-state index contributed by atoms with van der Waals surface area (Å²) < 4.78 is 5.15. The predicted molar refractivity (Wildman–Crippen MR) is 61.7 cm³/mol. The third-order valence-electron chi connectivity index (χ3n) is 2.29. The van der Waals surface area contributed by atoms with Crippen molar-refractivity contribution < 1.29 is 15.0 Å². The molecule has 0 radical (unpaired) electrons. The first-order valence-electron chi connectivity index (χ1n) is 5.40. The molecule has 0 saturated carbocycles. The van der Waals surface area contributed by atoms with Gasteiger partial charge in [-0.3, -0.25) is 4.79 Å². The van der Waals surface area contributed by atoms with Crippen LogP contribution in [0.4, 0.5) is 0 Å². The van der Waals surface area contributed by atoms with Crippen molar-refractivity contribution in [2.24, 2.45) is 11.8 Å². The van der Waals surface area contributed by atoms with Crippen LogP contribution in [0.3, 0.4) is 0 Å². The van der Waals surface area contributed by atoms with E-state index in [1.807, 2.05) is 7.05 Å². The van der Waals surface area contributed by atoms with Crippen LogP contribution >= 0.6 is 0 Å². The molecule has 2 atom stereocenters. The maximum Gasteiger partial charge on any atom is 0.306 e. The van der Waals surface area contributed by atoms with Crippen LogP contribution in [0.25, 0.3) is 0 Å². The Hall–Kier alpha value is -0.610. The van der Waals surface area contributed by atoms with Gasteiger partial charge in [0.1, 0.15) is 0 Å². The van der Waals surface area contributed by atoms with Crippen LogP contribution in [-0.2, 0) is 9.53 Å². The molecule has 0 aromatic carbocycles. The Morgan fingerprint density at radius 2 is 1.93 bits per heavy atom. The van der Waals surface area contributed by atoms with E-state index in [2.05, 4.69) is 26.1 Å². The van der Waals surface area contributed by atoms with Crippen molar-refractivity contribution in [3.05, 3.63) is 0 Å². The number of carbonyl (C=O) groups is 1. The predicted octanol–water partition coefficient (Wildman–Crippen LogP) is 0.997. The normalized spacial score (nSPS) is 13.9. The quantitative estimate of drug-likeness (QED) is 0.649. The molecule has 3 N–H and O–H groups in total. The summed E-state index contributed by atoms with van der Waals surface area (Å²) in [4.78, 5) is 11.3. The van der Waals surface area contributed by atoms with Gasteiger partial charge in [-0.25, -0.2) is 0 Å². The zero-order chi connectivity index (χ0) is 11.0. The van der Waals surface area contributed by atoms with Gasteiger partial charge in [0.05, 0.1) is 6.61 Å². The fraction of sp³-hybridized carbons (Fsp3) is 0.909. The summed E-state index contributed by atoms with van der Waals surface area (Å²) in [5.74, 6) is 0.755. The average molecular weight is 219 g/mol. The SMILES string of the molecule is CCC(C)CC(=O)OCC(C)CNC.O. The Balaban J connectivity index is 0. The van der Waals surface area contributed by atoms with Gasteiger partial charge in [0.25, 0.3) is 0 Å². The zero-order valence-corrected chi connectivity index (χ0v) is 10.3. The molecule has 2 unspecified atom stereocenters. The maximum atomic E-state index is 11.3. The van der Waals surface area contributed by atoms with Crippen molar-refractivity contribution in [1.82, 2.24) is 5.32 Å². The minimum absolute atomic E-state index is 0. The van der Waals surface area contributed by atoms with Crippen LogP contribution in [0.2, 0.25) is 0 Å². The summed E-state index contributed by atoms with van der Waals surface area (Å²) in [6, 6.07) is 0. The van der Waals surface area contributed by atoms with Crippen molar-refractivity contribution in [3.63, 3.8) is 0 Å². The molecule has 0 bridgehead atoms. The molecule has 0 aliphatic heterocycles. The highest BCUT2D eigenvalue weighted by Crippen LogP contribution is 2.07. The van der Waals surface area contributed by atoms with Gasteiger partial charge >= 0.3 is 5.97 Å². The molecule has 15 heavy (non-hydrogen) atoms. The molecule has 92 valence electrons. The highest BCUT2D eigenvalue weighted by molar-refractivity contribution is 5.69. The van der Waals surface area contributed by atoms with Gasteiger partial charge in [0.15, 0.2) is 0 Å². The van der Waals surface area contributed by atoms with Crippen LogP contribution in [-0.4, -0.2) is 31.6 Å². The molecule has 0 fully saturated rings. The Bertz CT molecular complexity index is 162. The molecule has 0 aromatic heterocycles. The summed E-state index contributed by atoms with van der Waals surface area (Å²) in [5, 5.41) is 3.05. The number of hydrogen-bond donors (Lipinski definition) is 1. The summed E-state index contributed by atoms with van der Waals surface area (Å²) >= 11 is 0. The number of ether oxygens (including phenoxy) is 1. The molecule has 0 saturated heterocycles. The Morgan fingerprint density at radius 3 is 2.40 bits per heavy atom. The number of esters is 1. The van der Waals surface area contributed by atoms with E-state index in [4.69, 9.17) is 4.74 Å². The Labute approximate surface area is 92.7 Å². The summed E-state index contributed by atoms with van der Waals surface area (Å²) in [6.45, 7) is 7.62. The second-order valence-corrected chi connectivity index (χ2v) is 4.06. The summed E-state index contributed by atoms with van der Waals surface area (Å²) in [6.07, 6.45) is 1.57. The second-order valence-electron chi connectivity index (χ2n) is 4.06. The van der Waals surface area contributed by atoms with E-state index >= 15 is 0 Å². The zero-order valence-electron chi connectivity index (χ0n) is 10.3. The van der Waals surface area contributed by atoms with Gasteiger partial charge in [-0.15, -0.1) is 0 Å². The van der Waals surface area contributed by atoms with E-state index in [0.29, 0.717) is 24.9 Å². The van der Waals surface area contributed by atoms with Gasteiger partial charge in [0.2, 0.25) is 0 Å². The molecule has 0 aromatic rings. The number of rotatable bonds is 7.